The Kier molecular flexibility index (Phi) is 4.65. The van der Waals surface area contributed by atoms with Gasteiger partial charge in [-0.15, -0.1) is 0 Å². The van der Waals surface area contributed by atoms with Crippen molar-refractivity contribution in [3.8, 4) is 22.7 Å². The Labute approximate surface area is 166 Å². The minimum absolute atomic E-state index is 0.0229. The number of benzene rings is 2. The minimum Gasteiger partial charge on any atom is -0.435 e. The van der Waals surface area contributed by atoms with Crippen LogP contribution in [0.4, 0.5) is 29.3 Å². The van der Waals surface area contributed by atoms with Crippen LogP contribution >= 0.6 is 0 Å². The van der Waals surface area contributed by atoms with Crippen LogP contribution in [0.2, 0.25) is 0 Å². The zero-order valence-corrected chi connectivity index (χ0v) is 15.4. The second-order valence-corrected chi connectivity index (χ2v) is 6.32. The van der Waals surface area contributed by atoms with Crippen molar-refractivity contribution in [1.29, 1.82) is 0 Å². The normalized spacial score (nSPS) is 11.4. The molecule has 0 fully saturated rings. The van der Waals surface area contributed by atoms with Crippen LogP contribution in [0.3, 0.4) is 0 Å². The van der Waals surface area contributed by atoms with Crippen molar-refractivity contribution >= 4 is 22.8 Å². The van der Waals surface area contributed by atoms with E-state index in [4.69, 9.17) is 11.5 Å². The Bertz CT molecular complexity index is 1260. The molecule has 0 aliphatic carbocycles. The Morgan fingerprint density at radius 1 is 1.00 bits per heavy atom. The summed E-state index contributed by atoms with van der Waals surface area (Å²) in [5, 5.41) is 0. The first kappa shape index (κ1) is 19.4. The lowest BCUT2D eigenvalue weighted by Crippen LogP contribution is -2.10. The molecule has 0 radical (unpaired) electrons. The van der Waals surface area contributed by atoms with Gasteiger partial charge in [0.1, 0.15) is 28.7 Å². The largest absolute Gasteiger partial charge is 0.435 e. The number of alkyl halides is 2. The van der Waals surface area contributed by atoms with Gasteiger partial charge in [-0.1, -0.05) is 12.1 Å². The summed E-state index contributed by atoms with van der Waals surface area (Å²) in [6, 6.07) is 7.38. The van der Waals surface area contributed by atoms with Gasteiger partial charge in [0, 0.05) is 12.1 Å². The van der Waals surface area contributed by atoms with Crippen LogP contribution in [0.1, 0.15) is 5.82 Å². The Morgan fingerprint density at radius 3 is 2.37 bits per heavy atom. The molecule has 154 valence electrons. The first-order valence-corrected chi connectivity index (χ1v) is 8.57. The Morgan fingerprint density at radius 2 is 1.70 bits per heavy atom. The molecule has 30 heavy (non-hydrogen) atoms. The van der Waals surface area contributed by atoms with Crippen molar-refractivity contribution in [2.75, 3.05) is 11.5 Å². The van der Waals surface area contributed by atoms with Gasteiger partial charge < -0.3 is 16.2 Å². The smallest absolute Gasteiger partial charge is 0.387 e. The summed E-state index contributed by atoms with van der Waals surface area (Å²) in [5.41, 5.74) is 12.6. The molecular weight excluding hydrogens is 404 g/mol. The van der Waals surface area contributed by atoms with E-state index < -0.39 is 18.2 Å². The van der Waals surface area contributed by atoms with Crippen molar-refractivity contribution < 1.29 is 22.3 Å². The zero-order chi connectivity index (χ0) is 21.6. The molecule has 4 aromatic rings. The third-order valence-electron chi connectivity index (χ3n) is 4.35. The number of rotatable bonds is 4. The maximum absolute atomic E-state index is 14.6. The summed E-state index contributed by atoms with van der Waals surface area (Å²) in [7, 11) is 0. The number of nitrogens with two attached hydrogens (primary N) is 2. The molecule has 0 saturated carbocycles. The highest BCUT2D eigenvalue weighted by molar-refractivity contribution is 5.86. The second-order valence-electron chi connectivity index (χ2n) is 6.32. The quantitative estimate of drug-likeness (QED) is 0.488. The fraction of sp³-hybridized carbons (Fsp3) is 0.105. The van der Waals surface area contributed by atoms with E-state index in [1.54, 1.807) is 6.92 Å². The lowest BCUT2D eigenvalue weighted by Gasteiger charge is -2.15. The third-order valence-corrected chi connectivity index (χ3v) is 4.35. The number of hydrogen-bond donors (Lipinski definition) is 2. The number of aryl methyl sites for hydroxylation is 1. The number of nitrogens with zero attached hydrogens (tertiary/aromatic N) is 4. The van der Waals surface area contributed by atoms with Gasteiger partial charge in [0.25, 0.3) is 0 Å². The molecule has 7 nitrogen and oxygen atoms in total. The average Bonchev–Trinajstić information content (AvgIpc) is 2.97. The minimum atomic E-state index is -2.97. The molecule has 0 aliphatic rings. The predicted octanol–water partition coefficient (Wildman–Crippen LogP) is 3.83. The first-order chi connectivity index (χ1) is 14.2. The standard InChI is InChI=1S/C19H14F4N6O/c1-8-26-13-7-10(20)6-12(21)15(13)29(8)17-14(16(24)27-19(25)28-17)9-2-4-11(5-3-9)30-18(22)23/h2-7,18H,1H3,(H4,24,25,27,28). The number of halogens is 4. The predicted molar refractivity (Wildman–Crippen MR) is 102 cm³/mol. The van der Waals surface area contributed by atoms with Crippen LogP contribution in [-0.2, 0) is 0 Å². The van der Waals surface area contributed by atoms with Gasteiger partial charge in [0.2, 0.25) is 5.95 Å². The van der Waals surface area contributed by atoms with Crippen LogP contribution in [0.5, 0.6) is 5.75 Å². The molecule has 0 atom stereocenters. The molecule has 2 aromatic heterocycles. The fourth-order valence-corrected chi connectivity index (χ4v) is 3.23. The van der Waals surface area contributed by atoms with Crippen LogP contribution < -0.4 is 16.2 Å². The van der Waals surface area contributed by atoms with Gasteiger partial charge in [-0.05, 0) is 24.6 Å². The SMILES string of the molecule is Cc1nc2cc(F)cc(F)c2n1-c1nc(N)nc(N)c1-c1ccc(OC(F)F)cc1. The van der Waals surface area contributed by atoms with Gasteiger partial charge in [-0.3, -0.25) is 4.57 Å². The molecule has 0 aliphatic heterocycles. The summed E-state index contributed by atoms with van der Waals surface area (Å²) in [5.74, 6) is -1.49. The third kappa shape index (κ3) is 3.34. The molecule has 2 heterocycles. The van der Waals surface area contributed by atoms with Crippen molar-refractivity contribution in [1.82, 2.24) is 19.5 Å². The maximum Gasteiger partial charge on any atom is 0.387 e. The maximum atomic E-state index is 14.6. The van der Waals surface area contributed by atoms with E-state index in [0.717, 1.165) is 12.1 Å². The van der Waals surface area contributed by atoms with Crippen LogP contribution in [-0.4, -0.2) is 26.1 Å². The van der Waals surface area contributed by atoms with Crippen LogP contribution in [0, 0.1) is 18.6 Å². The molecule has 0 unspecified atom stereocenters. The van der Waals surface area contributed by atoms with Crippen molar-refractivity contribution in [3.63, 3.8) is 0 Å². The van der Waals surface area contributed by atoms with Crippen LogP contribution in [0.15, 0.2) is 36.4 Å². The van der Waals surface area contributed by atoms with Gasteiger partial charge in [0.05, 0.1) is 11.1 Å². The molecule has 0 saturated heterocycles. The highest BCUT2D eigenvalue weighted by Gasteiger charge is 2.22. The summed E-state index contributed by atoms with van der Waals surface area (Å²) in [6.07, 6.45) is 0. The molecule has 11 heteroatoms. The number of imidazole rings is 1. The van der Waals surface area contributed by atoms with E-state index in [-0.39, 0.29) is 39.9 Å². The van der Waals surface area contributed by atoms with E-state index in [1.165, 1.54) is 28.8 Å². The summed E-state index contributed by atoms with van der Waals surface area (Å²) >= 11 is 0. The van der Waals surface area contributed by atoms with E-state index in [1.807, 2.05) is 0 Å². The lowest BCUT2D eigenvalue weighted by molar-refractivity contribution is -0.0498. The van der Waals surface area contributed by atoms with Crippen LogP contribution in [0.25, 0.3) is 28.0 Å². The number of fused-ring (bicyclic) bond motifs is 1. The molecule has 2 aromatic carbocycles. The van der Waals surface area contributed by atoms with E-state index in [2.05, 4.69) is 19.7 Å². The van der Waals surface area contributed by atoms with Gasteiger partial charge in [0.15, 0.2) is 11.6 Å². The molecule has 0 amide bonds. The highest BCUT2D eigenvalue weighted by atomic mass is 19.3. The summed E-state index contributed by atoms with van der Waals surface area (Å²) in [6.45, 7) is -1.39. The molecule has 0 spiro atoms. The molecule has 0 bridgehead atoms. The number of aromatic nitrogens is 4. The zero-order valence-electron chi connectivity index (χ0n) is 15.4. The van der Waals surface area contributed by atoms with Crippen molar-refractivity contribution in [2.24, 2.45) is 0 Å². The van der Waals surface area contributed by atoms with Gasteiger partial charge in [-0.2, -0.15) is 18.7 Å². The number of ether oxygens (including phenoxy) is 1. The van der Waals surface area contributed by atoms with Crippen molar-refractivity contribution in [2.45, 2.75) is 13.5 Å². The Balaban J connectivity index is 1.97. The summed E-state index contributed by atoms with van der Waals surface area (Å²) < 4.78 is 58.8. The second kappa shape index (κ2) is 7.17. The Hall–Kier alpha value is -3.89. The topological polar surface area (TPSA) is 105 Å². The van der Waals surface area contributed by atoms with Gasteiger partial charge in [-0.25, -0.2) is 13.8 Å². The number of anilines is 2. The van der Waals surface area contributed by atoms with E-state index in [0.29, 0.717) is 11.4 Å². The average molecular weight is 418 g/mol. The van der Waals surface area contributed by atoms with E-state index >= 15 is 0 Å². The van der Waals surface area contributed by atoms with Gasteiger partial charge >= 0.3 is 6.61 Å². The summed E-state index contributed by atoms with van der Waals surface area (Å²) in [4.78, 5) is 12.3. The van der Waals surface area contributed by atoms with Crippen molar-refractivity contribution in [3.05, 3.63) is 53.9 Å². The molecular formula is C19H14F4N6O. The fourth-order valence-electron chi connectivity index (χ4n) is 3.23. The monoisotopic (exact) mass is 418 g/mol. The highest BCUT2D eigenvalue weighted by Crippen LogP contribution is 2.35. The first-order valence-electron chi connectivity index (χ1n) is 8.57. The van der Waals surface area contributed by atoms with E-state index in [9.17, 15) is 17.6 Å². The number of hydrogen-bond acceptors (Lipinski definition) is 6. The lowest BCUT2D eigenvalue weighted by atomic mass is 10.1. The molecule has 4 rings (SSSR count). The molecule has 4 N–H and O–H groups in total. The number of nitrogen functional groups attached to an aromatic ring is 2.